The largest absolute Gasteiger partial charge is 0.394 e. The molecule has 0 aromatic carbocycles. The second-order valence-electron chi connectivity index (χ2n) is 3.96. The van der Waals surface area contributed by atoms with Crippen molar-refractivity contribution in [2.45, 2.75) is 44.2 Å². The zero-order valence-corrected chi connectivity index (χ0v) is 10.4. The first-order chi connectivity index (χ1) is 7.41. The summed E-state index contributed by atoms with van der Waals surface area (Å²) in [5.74, 6) is 0. The highest BCUT2D eigenvalue weighted by Crippen LogP contribution is 2.58. The van der Waals surface area contributed by atoms with E-state index in [1.807, 2.05) is 0 Å². The molecule has 1 heterocycles. The molecule has 2 unspecified atom stereocenters. The normalized spacial score (nSPS) is 27.3. The van der Waals surface area contributed by atoms with Gasteiger partial charge in [0.25, 0.3) is 0 Å². The Labute approximate surface area is 94.7 Å². The monoisotopic (exact) mass is 254 g/mol. The van der Waals surface area contributed by atoms with Crippen LogP contribution in [0.1, 0.15) is 26.7 Å². The van der Waals surface area contributed by atoms with Crippen molar-refractivity contribution < 1.29 is 28.9 Å². The molecule has 0 saturated carbocycles. The zero-order chi connectivity index (χ0) is 12.4. The highest BCUT2D eigenvalue weighted by molar-refractivity contribution is 7.53. The standard InChI is InChI=1S/C9H19O6P/c1-3-9(4-2,16(11,12)13)8-14-6-7(5-10)15-8/h7-8,10H,3-6H2,1-2H3,(H2,11,12,13). The van der Waals surface area contributed by atoms with Gasteiger partial charge in [-0.05, 0) is 12.8 Å². The minimum atomic E-state index is -4.32. The molecular weight excluding hydrogens is 235 g/mol. The Balaban J connectivity index is 2.91. The van der Waals surface area contributed by atoms with E-state index in [4.69, 9.17) is 14.6 Å². The van der Waals surface area contributed by atoms with Crippen LogP contribution >= 0.6 is 7.60 Å². The van der Waals surface area contributed by atoms with Crippen LogP contribution in [0.15, 0.2) is 0 Å². The SMILES string of the molecule is CCC(CC)(C1OCC(CO)O1)P(=O)(O)O. The number of aliphatic hydroxyl groups excluding tert-OH is 1. The van der Waals surface area contributed by atoms with Crippen molar-refractivity contribution in [3.05, 3.63) is 0 Å². The lowest BCUT2D eigenvalue weighted by Crippen LogP contribution is -2.42. The van der Waals surface area contributed by atoms with E-state index in [1.165, 1.54) is 0 Å². The minimum Gasteiger partial charge on any atom is -0.394 e. The Kier molecular flexibility index (Phi) is 4.51. The predicted octanol–water partition coefficient (Wildman–Crippen LogP) is 0.457. The van der Waals surface area contributed by atoms with Crippen LogP contribution in [-0.2, 0) is 14.0 Å². The van der Waals surface area contributed by atoms with Crippen molar-refractivity contribution in [1.82, 2.24) is 0 Å². The molecule has 1 aliphatic heterocycles. The second-order valence-corrected chi connectivity index (χ2v) is 5.94. The molecule has 0 radical (unpaired) electrons. The second kappa shape index (κ2) is 5.12. The lowest BCUT2D eigenvalue weighted by Gasteiger charge is -2.36. The first-order valence-corrected chi connectivity index (χ1v) is 6.96. The topological polar surface area (TPSA) is 96.2 Å². The van der Waals surface area contributed by atoms with Gasteiger partial charge in [0.05, 0.1) is 13.2 Å². The molecule has 16 heavy (non-hydrogen) atoms. The smallest absolute Gasteiger partial charge is 0.336 e. The van der Waals surface area contributed by atoms with E-state index in [2.05, 4.69) is 0 Å². The third-order valence-corrected chi connectivity index (χ3v) is 5.20. The number of hydrogen-bond acceptors (Lipinski definition) is 4. The first-order valence-electron chi connectivity index (χ1n) is 5.34. The third kappa shape index (κ3) is 2.32. The Morgan fingerprint density at radius 2 is 1.94 bits per heavy atom. The quantitative estimate of drug-likeness (QED) is 0.617. The minimum absolute atomic E-state index is 0.170. The van der Waals surface area contributed by atoms with Crippen molar-refractivity contribution >= 4 is 7.60 Å². The average molecular weight is 254 g/mol. The van der Waals surface area contributed by atoms with Gasteiger partial charge in [0, 0.05) is 0 Å². The molecule has 0 bridgehead atoms. The Hall–Kier alpha value is 0.0300. The first kappa shape index (κ1) is 14.1. The molecule has 0 aliphatic carbocycles. The number of hydrogen-bond donors (Lipinski definition) is 3. The fraction of sp³-hybridized carbons (Fsp3) is 1.00. The average Bonchev–Trinajstić information content (AvgIpc) is 2.67. The van der Waals surface area contributed by atoms with Crippen LogP contribution in [0.25, 0.3) is 0 Å². The molecule has 3 N–H and O–H groups in total. The molecule has 1 aliphatic rings. The summed E-state index contributed by atoms with van der Waals surface area (Å²) in [4.78, 5) is 18.9. The van der Waals surface area contributed by atoms with Gasteiger partial charge in [-0.3, -0.25) is 4.57 Å². The van der Waals surface area contributed by atoms with Gasteiger partial charge in [0.2, 0.25) is 0 Å². The van der Waals surface area contributed by atoms with Gasteiger partial charge in [-0.2, -0.15) is 0 Å². The number of aliphatic hydroxyl groups is 1. The van der Waals surface area contributed by atoms with Crippen molar-refractivity contribution in [3.8, 4) is 0 Å². The van der Waals surface area contributed by atoms with Gasteiger partial charge >= 0.3 is 7.60 Å². The predicted molar refractivity (Wildman–Crippen MR) is 57.1 cm³/mol. The summed E-state index contributed by atoms with van der Waals surface area (Å²) >= 11 is 0. The van der Waals surface area contributed by atoms with E-state index in [0.717, 1.165) is 0 Å². The molecular formula is C9H19O6P. The van der Waals surface area contributed by atoms with Gasteiger partial charge in [-0.25, -0.2) is 0 Å². The summed E-state index contributed by atoms with van der Waals surface area (Å²) in [6.07, 6.45) is -0.915. The van der Waals surface area contributed by atoms with Crippen LogP contribution in [0.2, 0.25) is 0 Å². The molecule has 1 fully saturated rings. The lowest BCUT2D eigenvalue weighted by atomic mass is 10.0. The van der Waals surface area contributed by atoms with Crippen LogP contribution in [0.5, 0.6) is 0 Å². The molecule has 7 heteroatoms. The van der Waals surface area contributed by atoms with Gasteiger partial charge in [0.1, 0.15) is 11.3 Å². The number of ether oxygens (including phenoxy) is 2. The van der Waals surface area contributed by atoms with Gasteiger partial charge in [0.15, 0.2) is 6.29 Å². The zero-order valence-electron chi connectivity index (χ0n) is 9.50. The summed E-state index contributed by atoms with van der Waals surface area (Å²) in [5, 5.41) is 7.59. The number of rotatable bonds is 5. The third-order valence-electron chi connectivity index (χ3n) is 3.20. The van der Waals surface area contributed by atoms with Crippen LogP contribution in [0.4, 0.5) is 0 Å². The fourth-order valence-electron chi connectivity index (χ4n) is 1.96. The van der Waals surface area contributed by atoms with E-state index < -0.39 is 25.1 Å². The molecule has 96 valence electrons. The fourth-order valence-corrected chi connectivity index (χ4v) is 3.19. The van der Waals surface area contributed by atoms with E-state index in [1.54, 1.807) is 13.8 Å². The van der Waals surface area contributed by atoms with Gasteiger partial charge < -0.3 is 24.4 Å². The molecule has 0 amide bonds. The van der Waals surface area contributed by atoms with Crippen LogP contribution in [0.3, 0.4) is 0 Å². The van der Waals surface area contributed by atoms with Gasteiger partial charge in [-0.15, -0.1) is 0 Å². The van der Waals surface area contributed by atoms with E-state index in [0.29, 0.717) is 0 Å². The van der Waals surface area contributed by atoms with Crippen molar-refractivity contribution in [2.24, 2.45) is 0 Å². The van der Waals surface area contributed by atoms with Crippen LogP contribution in [0, 0.1) is 0 Å². The maximum absolute atomic E-state index is 11.6. The Bertz CT molecular complexity index is 271. The summed E-state index contributed by atoms with van der Waals surface area (Å²) in [5.41, 5.74) is 0. The van der Waals surface area contributed by atoms with E-state index in [9.17, 15) is 14.4 Å². The van der Waals surface area contributed by atoms with Crippen LogP contribution < -0.4 is 0 Å². The van der Waals surface area contributed by atoms with E-state index >= 15 is 0 Å². The molecule has 0 aromatic rings. The summed E-state index contributed by atoms with van der Waals surface area (Å²) in [6, 6.07) is 0. The van der Waals surface area contributed by atoms with Crippen LogP contribution in [-0.4, -0.2) is 45.7 Å². The molecule has 0 aromatic heterocycles. The lowest BCUT2D eigenvalue weighted by molar-refractivity contribution is -0.0981. The summed E-state index contributed by atoms with van der Waals surface area (Å²) < 4.78 is 22.1. The molecule has 2 atom stereocenters. The molecule has 0 spiro atoms. The van der Waals surface area contributed by atoms with Crippen molar-refractivity contribution in [1.29, 1.82) is 0 Å². The highest BCUT2D eigenvalue weighted by Gasteiger charge is 2.54. The van der Waals surface area contributed by atoms with Crippen molar-refractivity contribution in [3.63, 3.8) is 0 Å². The maximum atomic E-state index is 11.6. The molecule has 6 nitrogen and oxygen atoms in total. The highest BCUT2D eigenvalue weighted by atomic mass is 31.2. The Morgan fingerprint density at radius 1 is 1.38 bits per heavy atom. The van der Waals surface area contributed by atoms with Gasteiger partial charge in [-0.1, -0.05) is 13.8 Å². The molecule has 1 rings (SSSR count). The summed E-state index contributed by atoms with van der Waals surface area (Å²) in [6.45, 7) is 3.35. The van der Waals surface area contributed by atoms with Crippen molar-refractivity contribution in [2.75, 3.05) is 13.2 Å². The van der Waals surface area contributed by atoms with E-state index in [-0.39, 0.29) is 26.1 Å². The maximum Gasteiger partial charge on any atom is 0.336 e. The Morgan fingerprint density at radius 3 is 2.25 bits per heavy atom. The summed E-state index contributed by atoms with van der Waals surface area (Å²) in [7, 11) is -4.32. The molecule has 1 saturated heterocycles.